The van der Waals surface area contributed by atoms with Crippen LogP contribution < -0.4 is 0 Å². The number of nitro benzene ring substituents is 2. The molecule has 3 aliphatic rings. The van der Waals surface area contributed by atoms with Crippen molar-refractivity contribution < 1.29 is 19.4 Å². The summed E-state index contributed by atoms with van der Waals surface area (Å²) in [7, 11) is 0. The highest BCUT2D eigenvalue weighted by atomic mass is 16.6. The summed E-state index contributed by atoms with van der Waals surface area (Å²) in [6, 6.07) is 2.90. The van der Waals surface area contributed by atoms with Gasteiger partial charge in [-0.05, 0) is 37.0 Å². The molecule has 2 saturated carbocycles. The van der Waals surface area contributed by atoms with E-state index in [1.165, 1.54) is 0 Å². The molecule has 0 spiro atoms. The average Bonchev–Trinajstić information content (AvgIpc) is 3.28. The molecular formula is C17H16N2O6. The topological polar surface area (TPSA) is 113 Å². The Bertz CT molecular complexity index is 772. The fraction of sp³-hybridized carbons (Fsp3) is 0.471. The van der Waals surface area contributed by atoms with Crippen molar-refractivity contribution in [1.29, 1.82) is 0 Å². The smallest absolute Gasteiger partial charge is 0.338 e. The normalized spacial score (nSPS) is 31.8. The molecule has 0 amide bonds. The van der Waals surface area contributed by atoms with E-state index in [-0.39, 0.29) is 11.7 Å². The van der Waals surface area contributed by atoms with Crippen LogP contribution in [0.5, 0.6) is 0 Å². The zero-order valence-corrected chi connectivity index (χ0v) is 13.2. The van der Waals surface area contributed by atoms with Gasteiger partial charge in [-0.25, -0.2) is 4.79 Å². The Balaban J connectivity index is 1.56. The van der Waals surface area contributed by atoms with E-state index in [1.807, 2.05) is 0 Å². The quantitative estimate of drug-likeness (QED) is 0.358. The number of hydrogen-bond donors (Lipinski definition) is 0. The van der Waals surface area contributed by atoms with Crippen molar-refractivity contribution in [1.82, 2.24) is 0 Å². The molecule has 25 heavy (non-hydrogen) atoms. The van der Waals surface area contributed by atoms with Crippen LogP contribution in [0, 0.1) is 43.9 Å². The number of fused-ring (bicyclic) bond motifs is 5. The van der Waals surface area contributed by atoms with Gasteiger partial charge >= 0.3 is 5.97 Å². The van der Waals surface area contributed by atoms with Gasteiger partial charge < -0.3 is 4.74 Å². The molecule has 0 heterocycles. The second-order valence-electron chi connectivity index (χ2n) is 6.96. The van der Waals surface area contributed by atoms with Crippen molar-refractivity contribution in [3.05, 3.63) is 56.1 Å². The predicted molar refractivity (Wildman–Crippen MR) is 85.9 cm³/mol. The van der Waals surface area contributed by atoms with Gasteiger partial charge in [0.15, 0.2) is 0 Å². The Kier molecular flexibility index (Phi) is 3.55. The van der Waals surface area contributed by atoms with Gasteiger partial charge in [-0.15, -0.1) is 0 Å². The molecular weight excluding hydrogens is 328 g/mol. The third-order valence-electron chi connectivity index (χ3n) is 5.72. The summed E-state index contributed by atoms with van der Waals surface area (Å²) in [5.74, 6) is 1.09. The molecule has 2 bridgehead atoms. The highest BCUT2D eigenvalue weighted by Crippen LogP contribution is 2.56. The molecule has 8 heteroatoms. The maximum absolute atomic E-state index is 12.5. The monoisotopic (exact) mass is 344 g/mol. The highest BCUT2D eigenvalue weighted by Gasteiger charge is 2.52. The van der Waals surface area contributed by atoms with E-state index in [1.54, 1.807) is 0 Å². The van der Waals surface area contributed by atoms with Crippen LogP contribution in [-0.2, 0) is 4.74 Å². The third-order valence-corrected chi connectivity index (χ3v) is 5.72. The molecule has 0 N–H and O–H groups in total. The minimum absolute atomic E-state index is 0.150. The first-order valence-corrected chi connectivity index (χ1v) is 8.27. The molecule has 0 unspecified atom stereocenters. The number of nitrogens with zero attached hydrogens (tertiary/aromatic N) is 2. The lowest BCUT2D eigenvalue weighted by molar-refractivity contribution is -0.394. The number of esters is 1. The van der Waals surface area contributed by atoms with Crippen molar-refractivity contribution in [2.75, 3.05) is 0 Å². The highest BCUT2D eigenvalue weighted by molar-refractivity contribution is 5.91. The van der Waals surface area contributed by atoms with Crippen LogP contribution >= 0.6 is 0 Å². The maximum atomic E-state index is 12.5. The largest absolute Gasteiger partial charge is 0.458 e. The SMILES string of the molecule is O=C(O[C@@H]1CC[C@@H]2[C@H]1[C@@H]1C=C[C@H]2C1)c1cc([N+](=O)[O-])cc([N+](=O)[O-])c1. The molecule has 8 nitrogen and oxygen atoms in total. The summed E-state index contributed by atoms with van der Waals surface area (Å²) in [6.07, 6.45) is 7.09. The van der Waals surface area contributed by atoms with Crippen LogP contribution in [0.3, 0.4) is 0 Å². The molecule has 0 saturated heterocycles. The fourth-order valence-corrected chi connectivity index (χ4v) is 4.74. The van der Waals surface area contributed by atoms with Crippen molar-refractivity contribution >= 4 is 17.3 Å². The zero-order chi connectivity index (χ0) is 17.7. The number of hydrogen-bond acceptors (Lipinski definition) is 6. The first kappa shape index (κ1) is 15.7. The maximum Gasteiger partial charge on any atom is 0.338 e. The van der Waals surface area contributed by atoms with Crippen LogP contribution in [0.1, 0.15) is 29.6 Å². The summed E-state index contributed by atoms with van der Waals surface area (Å²) in [5.41, 5.74) is -1.13. The van der Waals surface area contributed by atoms with Crippen LogP contribution in [0.2, 0.25) is 0 Å². The predicted octanol–water partition coefficient (Wildman–Crippen LogP) is 3.26. The second kappa shape index (κ2) is 5.65. The molecule has 0 aliphatic heterocycles. The van der Waals surface area contributed by atoms with Gasteiger partial charge in [-0.3, -0.25) is 20.2 Å². The lowest BCUT2D eigenvalue weighted by Crippen LogP contribution is -2.28. The van der Waals surface area contributed by atoms with E-state index < -0.39 is 27.2 Å². The van der Waals surface area contributed by atoms with Gasteiger partial charge in [0, 0.05) is 18.1 Å². The lowest BCUT2D eigenvalue weighted by Gasteiger charge is -2.25. The van der Waals surface area contributed by atoms with Crippen molar-refractivity contribution in [3.63, 3.8) is 0 Å². The number of ether oxygens (including phenoxy) is 1. The Morgan fingerprint density at radius 1 is 1.00 bits per heavy atom. The van der Waals surface area contributed by atoms with E-state index in [0.29, 0.717) is 23.7 Å². The Labute approximate surface area is 142 Å². The summed E-state index contributed by atoms with van der Waals surface area (Å²) < 4.78 is 5.62. The van der Waals surface area contributed by atoms with Crippen molar-refractivity contribution in [3.8, 4) is 0 Å². The number of allylic oxidation sites excluding steroid dienone is 2. The Hall–Kier alpha value is -2.77. The number of carbonyl (C=O) groups excluding carboxylic acids is 1. The molecule has 0 aromatic heterocycles. The van der Waals surface area contributed by atoms with Gasteiger partial charge in [0.05, 0.1) is 21.5 Å². The molecule has 1 aromatic rings. The van der Waals surface area contributed by atoms with Crippen LogP contribution in [0.25, 0.3) is 0 Å². The van der Waals surface area contributed by atoms with Crippen LogP contribution in [0.15, 0.2) is 30.4 Å². The van der Waals surface area contributed by atoms with E-state index >= 15 is 0 Å². The molecule has 3 aliphatic carbocycles. The summed E-state index contributed by atoms with van der Waals surface area (Å²) in [5, 5.41) is 21.9. The first-order valence-electron chi connectivity index (χ1n) is 8.27. The number of non-ortho nitro benzene ring substituents is 2. The molecule has 4 rings (SSSR count). The minimum atomic E-state index is -0.754. The van der Waals surface area contributed by atoms with Gasteiger partial charge in [0.2, 0.25) is 0 Å². The zero-order valence-electron chi connectivity index (χ0n) is 13.2. The van der Waals surface area contributed by atoms with Crippen molar-refractivity contribution in [2.45, 2.75) is 25.4 Å². The van der Waals surface area contributed by atoms with E-state index in [4.69, 9.17) is 4.74 Å². The van der Waals surface area contributed by atoms with Gasteiger partial charge in [-0.2, -0.15) is 0 Å². The molecule has 1 aromatic carbocycles. The van der Waals surface area contributed by atoms with Crippen LogP contribution in [-0.4, -0.2) is 21.9 Å². The first-order chi connectivity index (χ1) is 11.9. The number of rotatable bonds is 4. The summed E-state index contributed by atoms with van der Waals surface area (Å²) in [6.45, 7) is 0. The van der Waals surface area contributed by atoms with E-state index in [2.05, 4.69) is 12.2 Å². The summed E-state index contributed by atoms with van der Waals surface area (Å²) in [4.78, 5) is 32.9. The number of nitro groups is 2. The van der Waals surface area contributed by atoms with E-state index in [0.717, 1.165) is 37.5 Å². The third kappa shape index (κ3) is 2.57. The Morgan fingerprint density at radius 2 is 1.64 bits per heavy atom. The van der Waals surface area contributed by atoms with Gasteiger partial charge in [0.1, 0.15) is 6.10 Å². The Morgan fingerprint density at radius 3 is 2.28 bits per heavy atom. The molecule has 0 radical (unpaired) electrons. The van der Waals surface area contributed by atoms with Gasteiger partial charge in [-0.1, -0.05) is 12.2 Å². The average molecular weight is 344 g/mol. The second-order valence-corrected chi connectivity index (χ2v) is 6.96. The lowest BCUT2D eigenvalue weighted by atomic mass is 9.85. The van der Waals surface area contributed by atoms with E-state index in [9.17, 15) is 25.0 Å². The van der Waals surface area contributed by atoms with Crippen LogP contribution in [0.4, 0.5) is 11.4 Å². The fourth-order valence-electron chi connectivity index (χ4n) is 4.74. The molecule has 130 valence electrons. The number of carbonyl (C=O) groups is 1. The van der Waals surface area contributed by atoms with Gasteiger partial charge in [0.25, 0.3) is 11.4 Å². The minimum Gasteiger partial charge on any atom is -0.458 e. The standard InChI is InChI=1S/C17H16N2O6/c20-17(11-6-12(18(21)22)8-13(7-11)19(23)24)25-15-4-3-14-9-1-2-10(5-9)16(14)15/h1-2,6-10,14-16H,3-5H2/t9-,10+,14-,15+,16+/m0/s1. The molecule has 2 fully saturated rings. The summed E-state index contributed by atoms with van der Waals surface area (Å²) >= 11 is 0. The molecule has 5 atom stereocenters. The van der Waals surface area contributed by atoms with Crippen molar-refractivity contribution in [2.24, 2.45) is 23.7 Å². The number of benzene rings is 1.